The van der Waals surface area contributed by atoms with E-state index in [1.807, 2.05) is 0 Å². The molecule has 2 aliphatic heterocycles. The molecule has 5 heteroatoms. The zero-order valence-electron chi connectivity index (χ0n) is 11.0. The third-order valence-corrected chi connectivity index (χ3v) is 3.97. The molecule has 0 aromatic carbocycles. The highest BCUT2D eigenvalue weighted by Gasteiger charge is 2.29. The van der Waals surface area contributed by atoms with Gasteiger partial charge in [-0.3, -0.25) is 0 Å². The summed E-state index contributed by atoms with van der Waals surface area (Å²) < 4.78 is 5.62. The minimum atomic E-state index is 0.315. The quantitative estimate of drug-likeness (QED) is 0.812. The van der Waals surface area contributed by atoms with E-state index in [0.29, 0.717) is 18.0 Å². The average Bonchev–Trinajstić information content (AvgIpc) is 2.70. The van der Waals surface area contributed by atoms with Gasteiger partial charge >= 0.3 is 0 Å². The Kier molecular flexibility index (Phi) is 2.86. The van der Waals surface area contributed by atoms with Crippen molar-refractivity contribution >= 4 is 11.8 Å². The van der Waals surface area contributed by atoms with Gasteiger partial charge in [-0.05, 0) is 26.2 Å². The lowest BCUT2D eigenvalue weighted by Gasteiger charge is -2.28. The molecule has 0 aliphatic carbocycles. The van der Waals surface area contributed by atoms with E-state index < -0.39 is 0 Å². The molecular formula is C13H20N4O. The van der Waals surface area contributed by atoms with Crippen LogP contribution in [-0.4, -0.2) is 36.3 Å². The summed E-state index contributed by atoms with van der Waals surface area (Å²) >= 11 is 0. The van der Waals surface area contributed by atoms with E-state index in [1.165, 1.54) is 5.56 Å². The normalized spacial score (nSPS) is 27.3. The summed E-state index contributed by atoms with van der Waals surface area (Å²) in [5, 5.41) is 0. The van der Waals surface area contributed by atoms with Crippen LogP contribution in [0.4, 0.5) is 11.8 Å². The molecule has 1 aromatic rings. The number of nitrogens with zero attached hydrogens (tertiary/aromatic N) is 3. The number of rotatable bonds is 1. The van der Waals surface area contributed by atoms with Crippen molar-refractivity contribution < 1.29 is 4.74 Å². The fourth-order valence-corrected chi connectivity index (χ4v) is 3.03. The van der Waals surface area contributed by atoms with E-state index in [2.05, 4.69) is 28.8 Å². The summed E-state index contributed by atoms with van der Waals surface area (Å²) in [5.41, 5.74) is 8.32. The van der Waals surface area contributed by atoms with Crippen LogP contribution in [0.15, 0.2) is 0 Å². The van der Waals surface area contributed by atoms with Crippen molar-refractivity contribution in [1.29, 1.82) is 0 Å². The Morgan fingerprint density at radius 3 is 3.00 bits per heavy atom. The third-order valence-electron chi connectivity index (χ3n) is 3.97. The van der Waals surface area contributed by atoms with Crippen LogP contribution in [-0.2, 0) is 11.2 Å². The van der Waals surface area contributed by atoms with Crippen molar-refractivity contribution in [2.24, 2.45) is 0 Å². The minimum Gasteiger partial charge on any atom is -0.378 e. The van der Waals surface area contributed by atoms with Crippen LogP contribution in [0, 0.1) is 0 Å². The first kappa shape index (κ1) is 11.7. The topological polar surface area (TPSA) is 64.3 Å². The van der Waals surface area contributed by atoms with Crippen LogP contribution in [0.3, 0.4) is 0 Å². The van der Waals surface area contributed by atoms with Crippen LogP contribution in [0.25, 0.3) is 0 Å². The maximum atomic E-state index is 5.86. The maximum Gasteiger partial charge on any atom is 0.222 e. The second kappa shape index (κ2) is 4.39. The Labute approximate surface area is 107 Å². The summed E-state index contributed by atoms with van der Waals surface area (Å²) in [6.45, 7) is 3.96. The number of fused-ring (bicyclic) bond motifs is 1. The van der Waals surface area contributed by atoms with Gasteiger partial charge in [0.1, 0.15) is 5.82 Å². The monoisotopic (exact) mass is 248 g/mol. The van der Waals surface area contributed by atoms with Crippen molar-refractivity contribution in [3.8, 4) is 0 Å². The lowest BCUT2D eigenvalue weighted by molar-refractivity contribution is 0.0179. The number of likely N-dealkylation sites (N-methyl/N-ethyl adjacent to an activating group) is 1. The molecule has 5 nitrogen and oxygen atoms in total. The van der Waals surface area contributed by atoms with E-state index in [4.69, 9.17) is 10.5 Å². The molecule has 0 saturated carbocycles. The molecule has 0 radical (unpaired) electrons. The van der Waals surface area contributed by atoms with Gasteiger partial charge < -0.3 is 15.4 Å². The zero-order chi connectivity index (χ0) is 12.7. The van der Waals surface area contributed by atoms with Gasteiger partial charge in [0.2, 0.25) is 5.95 Å². The molecule has 2 unspecified atom stereocenters. The first-order valence-corrected chi connectivity index (χ1v) is 6.64. The van der Waals surface area contributed by atoms with Gasteiger partial charge in [-0.2, -0.15) is 4.98 Å². The van der Waals surface area contributed by atoms with E-state index in [9.17, 15) is 0 Å². The fourth-order valence-electron chi connectivity index (χ4n) is 3.03. The predicted octanol–water partition coefficient (Wildman–Crippen LogP) is 1.33. The highest BCUT2D eigenvalue weighted by molar-refractivity contribution is 5.56. The molecule has 3 rings (SSSR count). The molecule has 1 aromatic heterocycles. The Bertz CT molecular complexity index is 463. The second-order valence-electron chi connectivity index (χ2n) is 5.34. The van der Waals surface area contributed by atoms with Crippen molar-refractivity contribution in [2.75, 3.05) is 30.8 Å². The van der Waals surface area contributed by atoms with Crippen LogP contribution < -0.4 is 10.6 Å². The predicted molar refractivity (Wildman–Crippen MR) is 70.8 cm³/mol. The molecule has 2 N–H and O–H groups in total. The van der Waals surface area contributed by atoms with E-state index in [1.54, 1.807) is 0 Å². The molecule has 18 heavy (non-hydrogen) atoms. The first-order valence-electron chi connectivity index (χ1n) is 6.64. The van der Waals surface area contributed by atoms with E-state index in [0.717, 1.165) is 43.9 Å². The Hall–Kier alpha value is -1.36. The van der Waals surface area contributed by atoms with Crippen LogP contribution in [0.1, 0.15) is 36.9 Å². The summed E-state index contributed by atoms with van der Waals surface area (Å²) in [5.74, 6) is 1.90. The Morgan fingerprint density at radius 2 is 2.22 bits per heavy atom. The number of aromatic nitrogens is 2. The molecular weight excluding hydrogens is 228 g/mol. The highest BCUT2D eigenvalue weighted by atomic mass is 16.5. The number of anilines is 2. The van der Waals surface area contributed by atoms with Gasteiger partial charge in [0.05, 0.1) is 11.8 Å². The maximum absolute atomic E-state index is 5.86. The molecule has 2 aliphatic rings. The van der Waals surface area contributed by atoms with Gasteiger partial charge in [-0.15, -0.1) is 0 Å². The summed E-state index contributed by atoms with van der Waals surface area (Å²) in [4.78, 5) is 11.1. The molecule has 0 spiro atoms. The van der Waals surface area contributed by atoms with Crippen molar-refractivity contribution in [2.45, 2.75) is 38.2 Å². The Morgan fingerprint density at radius 1 is 1.39 bits per heavy atom. The van der Waals surface area contributed by atoms with Gasteiger partial charge in [0, 0.05) is 31.7 Å². The number of hydrogen-bond acceptors (Lipinski definition) is 5. The number of nitrogen functional groups attached to an aromatic ring is 1. The average molecular weight is 248 g/mol. The first-order chi connectivity index (χ1) is 8.65. The van der Waals surface area contributed by atoms with Crippen molar-refractivity contribution in [3.05, 3.63) is 11.3 Å². The lowest BCUT2D eigenvalue weighted by atomic mass is 9.90. The van der Waals surface area contributed by atoms with Crippen LogP contribution in [0.5, 0.6) is 0 Å². The zero-order valence-corrected chi connectivity index (χ0v) is 11.0. The Balaban J connectivity index is 1.99. The van der Waals surface area contributed by atoms with Crippen LogP contribution >= 0.6 is 0 Å². The van der Waals surface area contributed by atoms with Gasteiger partial charge in [-0.25, -0.2) is 4.98 Å². The highest BCUT2D eigenvalue weighted by Crippen LogP contribution is 2.36. The van der Waals surface area contributed by atoms with Crippen molar-refractivity contribution in [1.82, 2.24) is 9.97 Å². The summed E-state index contributed by atoms with van der Waals surface area (Å²) in [6, 6.07) is 0. The largest absolute Gasteiger partial charge is 0.378 e. The molecule has 1 saturated heterocycles. The van der Waals surface area contributed by atoms with Gasteiger partial charge in [0.15, 0.2) is 0 Å². The number of nitrogens with two attached hydrogens (primary N) is 1. The smallest absolute Gasteiger partial charge is 0.222 e. The minimum absolute atomic E-state index is 0.315. The molecule has 3 heterocycles. The molecule has 98 valence electrons. The summed E-state index contributed by atoms with van der Waals surface area (Å²) in [7, 11) is 2.06. The van der Waals surface area contributed by atoms with Crippen LogP contribution in [0.2, 0.25) is 0 Å². The van der Waals surface area contributed by atoms with Crippen molar-refractivity contribution in [3.63, 3.8) is 0 Å². The summed E-state index contributed by atoms with van der Waals surface area (Å²) in [6.07, 6.45) is 3.42. The molecule has 0 bridgehead atoms. The van der Waals surface area contributed by atoms with E-state index >= 15 is 0 Å². The fraction of sp³-hybridized carbons (Fsp3) is 0.692. The third kappa shape index (κ3) is 1.92. The second-order valence-corrected chi connectivity index (χ2v) is 5.34. The SMILES string of the molecule is CC1CC(c2nc(N)nc3c2CCN3C)CCO1. The molecule has 0 amide bonds. The molecule has 2 atom stereocenters. The number of ether oxygens (including phenoxy) is 1. The lowest BCUT2D eigenvalue weighted by Crippen LogP contribution is -2.23. The number of hydrogen-bond donors (Lipinski definition) is 1. The van der Waals surface area contributed by atoms with Gasteiger partial charge in [0.25, 0.3) is 0 Å². The van der Waals surface area contributed by atoms with E-state index in [-0.39, 0.29) is 0 Å². The standard InChI is InChI=1S/C13H20N4O/c1-8-7-9(4-6-18-8)11-10-3-5-17(2)12(10)16-13(14)15-11/h8-9H,3-7H2,1-2H3,(H2,14,15,16). The van der Waals surface area contributed by atoms with Gasteiger partial charge in [-0.1, -0.05) is 0 Å². The molecule has 1 fully saturated rings.